The van der Waals surface area contributed by atoms with Gasteiger partial charge in [0.25, 0.3) is 0 Å². The fourth-order valence-electron chi connectivity index (χ4n) is 1.60. The highest BCUT2D eigenvalue weighted by Gasteiger charge is 1.83. The lowest BCUT2D eigenvalue weighted by Gasteiger charge is -1.90. The molecule has 1 rings (SSSR count). The molecule has 1 nitrogen and oxygen atoms in total. The van der Waals surface area contributed by atoms with Crippen LogP contribution in [0.15, 0.2) is 60.7 Å². The number of rotatable bonds is 7. The predicted octanol–water partition coefficient (Wildman–Crippen LogP) is 4.37. The lowest BCUT2D eigenvalue weighted by Crippen LogP contribution is -1.81. The number of aliphatic hydroxyl groups excluding tert-OH is 1. The van der Waals surface area contributed by atoms with E-state index in [0.29, 0.717) is 0 Å². The summed E-state index contributed by atoms with van der Waals surface area (Å²) in [6.45, 7) is 0.286. The summed E-state index contributed by atoms with van der Waals surface area (Å²) in [7, 11) is 0. The topological polar surface area (TPSA) is 20.2 Å². The van der Waals surface area contributed by atoms with Gasteiger partial charge in [0, 0.05) is 13.0 Å². The summed E-state index contributed by atoms with van der Waals surface area (Å²) in [6.07, 6.45) is 15.8. The Morgan fingerprint density at radius 1 is 0.900 bits per heavy atom. The van der Waals surface area contributed by atoms with Gasteiger partial charge >= 0.3 is 0 Å². The van der Waals surface area contributed by atoms with Crippen molar-refractivity contribution in [1.29, 1.82) is 0 Å². The van der Waals surface area contributed by atoms with Crippen molar-refractivity contribution in [2.45, 2.75) is 25.7 Å². The third-order valence-electron chi connectivity index (χ3n) is 2.66. The van der Waals surface area contributed by atoms with Crippen molar-refractivity contribution in [1.82, 2.24) is 0 Å². The second-order valence-electron chi connectivity index (χ2n) is 4.37. The van der Waals surface area contributed by atoms with Gasteiger partial charge in [0.05, 0.1) is 0 Å². The van der Waals surface area contributed by atoms with Crippen molar-refractivity contribution >= 4 is 6.08 Å². The molecule has 0 aliphatic rings. The van der Waals surface area contributed by atoms with Crippen LogP contribution in [-0.2, 0) is 0 Å². The summed E-state index contributed by atoms with van der Waals surface area (Å²) in [5.74, 6) is 6.09. The zero-order chi connectivity index (χ0) is 14.3. The minimum absolute atomic E-state index is 0.286. The van der Waals surface area contributed by atoms with Crippen LogP contribution in [0.4, 0.5) is 0 Å². The Labute approximate surface area is 122 Å². The van der Waals surface area contributed by atoms with Crippen LogP contribution in [0.1, 0.15) is 31.2 Å². The second-order valence-corrected chi connectivity index (χ2v) is 4.37. The van der Waals surface area contributed by atoms with Gasteiger partial charge in [-0.3, -0.25) is 0 Å². The Morgan fingerprint density at radius 2 is 1.70 bits per heavy atom. The van der Waals surface area contributed by atoms with E-state index in [1.54, 1.807) is 0 Å². The van der Waals surface area contributed by atoms with Crippen molar-refractivity contribution in [2.24, 2.45) is 0 Å². The molecule has 1 aromatic carbocycles. The molecule has 0 atom stereocenters. The fraction of sp³-hybridized carbons (Fsp3) is 0.263. The summed E-state index contributed by atoms with van der Waals surface area (Å²) < 4.78 is 0. The average molecular weight is 266 g/mol. The lowest BCUT2D eigenvalue weighted by molar-refractivity contribution is 0.283. The van der Waals surface area contributed by atoms with Crippen LogP contribution in [0.5, 0.6) is 0 Å². The van der Waals surface area contributed by atoms with Crippen molar-refractivity contribution in [3.05, 3.63) is 66.3 Å². The van der Waals surface area contributed by atoms with E-state index in [1.165, 1.54) is 5.56 Å². The van der Waals surface area contributed by atoms with Gasteiger partial charge in [-0.25, -0.2) is 0 Å². The first-order chi connectivity index (χ1) is 9.93. The minimum atomic E-state index is 0.286. The van der Waals surface area contributed by atoms with Crippen LogP contribution in [-0.4, -0.2) is 11.7 Å². The Balaban J connectivity index is 2.16. The van der Waals surface area contributed by atoms with E-state index in [-0.39, 0.29) is 6.61 Å². The number of hydrogen-bond donors (Lipinski definition) is 1. The molecular weight excluding hydrogens is 244 g/mol. The zero-order valence-corrected chi connectivity index (χ0v) is 11.8. The molecule has 0 aliphatic heterocycles. The van der Waals surface area contributed by atoms with Crippen LogP contribution in [0, 0.1) is 11.8 Å². The summed E-state index contributed by atoms with van der Waals surface area (Å²) in [4.78, 5) is 0. The van der Waals surface area contributed by atoms with E-state index >= 15 is 0 Å². The van der Waals surface area contributed by atoms with Crippen molar-refractivity contribution in [3.63, 3.8) is 0 Å². The van der Waals surface area contributed by atoms with Gasteiger partial charge in [0.2, 0.25) is 0 Å². The number of unbranched alkanes of at least 4 members (excludes halogenated alkanes) is 3. The summed E-state index contributed by atoms with van der Waals surface area (Å²) in [6, 6.07) is 10.2. The van der Waals surface area contributed by atoms with E-state index in [2.05, 4.69) is 30.0 Å². The molecule has 0 bridgehead atoms. The number of allylic oxidation sites excluding steroid dienone is 5. The third-order valence-corrected chi connectivity index (χ3v) is 2.66. The molecule has 1 aromatic rings. The van der Waals surface area contributed by atoms with Crippen LogP contribution in [0.3, 0.4) is 0 Å². The zero-order valence-electron chi connectivity index (χ0n) is 11.8. The molecule has 0 saturated carbocycles. The smallest absolute Gasteiger partial charge is 0.0431 e. The molecule has 0 aromatic heterocycles. The van der Waals surface area contributed by atoms with Gasteiger partial charge in [-0.2, -0.15) is 0 Å². The maximum Gasteiger partial charge on any atom is 0.0431 e. The van der Waals surface area contributed by atoms with E-state index in [1.807, 2.05) is 48.6 Å². The Bertz CT molecular complexity index is 483. The molecule has 20 heavy (non-hydrogen) atoms. The minimum Gasteiger partial charge on any atom is -0.396 e. The molecule has 0 aliphatic carbocycles. The fourth-order valence-corrected chi connectivity index (χ4v) is 1.60. The van der Waals surface area contributed by atoms with Crippen molar-refractivity contribution in [3.8, 4) is 11.8 Å². The van der Waals surface area contributed by atoms with E-state index < -0.39 is 0 Å². The Hall–Kier alpha value is -2.04. The standard InChI is InChI=1S/C19H22O/c20-18-14-9-7-5-3-1-2-4-6-8-11-15-19-16-12-10-13-17-19/h2,4,6,8,10-13,15-17,20H,5,7,9,14,18H2/b4-2+,8-6+,15-11+. The first-order valence-corrected chi connectivity index (χ1v) is 7.07. The van der Waals surface area contributed by atoms with E-state index in [4.69, 9.17) is 5.11 Å². The number of benzene rings is 1. The van der Waals surface area contributed by atoms with Gasteiger partial charge in [-0.15, -0.1) is 0 Å². The first-order valence-electron chi connectivity index (χ1n) is 7.07. The van der Waals surface area contributed by atoms with Crippen LogP contribution in [0.25, 0.3) is 6.08 Å². The SMILES string of the molecule is OCCCCCC#C/C=C/C=C/C=C/c1ccccc1. The molecule has 0 saturated heterocycles. The second kappa shape index (κ2) is 12.0. The molecule has 0 radical (unpaired) electrons. The molecule has 1 N–H and O–H groups in total. The number of aliphatic hydroxyl groups is 1. The highest BCUT2D eigenvalue weighted by Crippen LogP contribution is 2.00. The highest BCUT2D eigenvalue weighted by molar-refractivity contribution is 5.50. The first kappa shape index (κ1) is 16.0. The van der Waals surface area contributed by atoms with Gasteiger partial charge in [-0.05, 0) is 24.5 Å². The molecule has 0 unspecified atom stereocenters. The molecule has 0 heterocycles. The monoisotopic (exact) mass is 266 g/mol. The molecular formula is C19H22O. The Morgan fingerprint density at radius 3 is 2.50 bits per heavy atom. The van der Waals surface area contributed by atoms with Crippen LogP contribution >= 0.6 is 0 Å². The lowest BCUT2D eigenvalue weighted by atomic mass is 10.2. The molecule has 0 amide bonds. The van der Waals surface area contributed by atoms with Crippen LogP contribution in [0.2, 0.25) is 0 Å². The van der Waals surface area contributed by atoms with Crippen molar-refractivity contribution in [2.75, 3.05) is 6.61 Å². The normalized spacial score (nSPS) is 11.2. The molecule has 1 heteroatoms. The van der Waals surface area contributed by atoms with Gasteiger partial charge < -0.3 is 5.11 Å². The van der Waals surface area contributed by atoms with Gasteiger partial charge in [0.1, 0.15) is 0 Å². The quantitative estimate of drug-likeness (QED) is 0.441. The maximum absolute atomic E-state index is 8.62. The molecule has 0 fully saturated rings. The highest BCUT2D eigenvalue weighted by atomic mass is 16.2. The molecule has 104 valence electrons. The summed E-state index contributed by atoms with van der Waals surface area (Å²) in [5, 5.41) is 8.62. The van der Waals surface area contributed by atoms with E-state index in [0.717, 1.165) is 25.7 Å². The number of hydrogen-bond acceptors (Lipinski definition) is 1. The Kier molecular flexibility index (Phi) is 9.62. The molecule has 0 spiro atoms. The van der Waals surface area contributed by atoms with Crippen molar-refractivity contribution < 1.29 is 5.11 Å². The predicted molar refractivity (Wildman–Crippen MR) is 87.1 cm³/mol. The van der Waals surface area contributed by atoms with E-state index in [9.17, 15) is 0 Å². The summed E-state index contributed by atoms with van der Waals surface area (Å²) in [5.41, 5.74) is 1.20. The van der Waals surface area contributed by atoms with Gasteiger partial charge in [0.15, 0.2) is 0 Å². The average Bonchev–Trinajstić information content (AvgIpc) is 2.49. The maximum atomic E-state index is 8.62. The summed E-state index contributed by atoms with van der Waals surface area (Å²) >= 11 is 0. The van der Waals surface area contributed by atoms with Crippen LogP contribution < -0.4 is 0 Å². The third kappa shape index (κ3) is 8.97. The largest absolute Gasteiger partial charge is 0.396 e. The van der Waals surface area contributed by atoms with Gasteiger partial charge in [-0.1, -0.05) is 79.0 Å².